The Morgan fingerprint density at radius 2 is 1.81 bits per heavy atom. The molecule has 0 radical (unpaired) electrons. The van der Waals surface area contributed by atoms with Crippen LogP contribution in [0.5, 0.6) is 0 Å². The molecule has 0 unspecified atom stereocenters. The molecular weight excluding hydrogens is 410 g/mol. The minimum absolute atomic E-state index is 0. The highest BCUT2D eigenvalue weighted by atomic mass is 79.9. The van der Waals surface area contributed by atoms with Crippen molar-refractivity contribution in [2.24, 2.45) is 10.2 Å². The van der Waals surface area contributed by atoms with E-state index in [4.69, 9.17) is 0 Å². The Balaban J connectivity index is 0.00000243. The molecule has 3 rings (SSSR count). The first-order valence-electron chi connectivity index (χ1n) is 8.38. The second-order valence-electron chi connectivity index (χ2n) is 5.66. The van der Waals surface area contributed by atoms with Gasteiger partial charge in [-0.3, -0.25) is 0 Å². The normalized spacial score (nSPS) is 10.7. The average molecular weight is 432 g/mol. The van der Waals surface area contributed by atoms with Gasteiger partial charge < -0.3 is 21.9 Å². The first kappa shape index (κ1) is 20.2. The van der Waals surface area contributed by atoms with Gasteiger partial charge in [-0.05, 0) is 38.1 Å². The first-order chi connectivity index (χ1) is 12.2. The summed E-state index contributed by atoms with van der Waals surface area (Å²) in [6, 6.07) is 14.3. The Kier molecular flexibility index (Phi) is 7.87. The third kappa shape index (κ3) is 5.71. The van der Waals surface area contributed by atoms with Crippen molar-refractivity contribution in [3.63, 3.8) is 0 Å². The summed E-state index contributed by atoms with van der Waals surface area (Å²) in [4.78, 5) is 7.68. The zero-order valence-electron chi connectivity index (χ0n) is 14.9. The molecule has 1 aromatic carbocycles. The van der Waals surface area contributed by atoms with Crippen molar-refractivity contribution in [1.29, 1.82) is 0 Å². The lowest BCUT2D eigenvalue weighted by Gasteiger charge is -2.21. The predicted octanol–water partition coefficient (Wildman–Crippen LogP) is 1.68. The Hall–Kier alpha value is -2.12. The monoisotopic (exact) mass is 431 g/mol. The van der Waals surface area contributed by atoms with Gasteiger partial charge in [-0.2, -0.15) is 0 Å². The summed E-state index contributed by atoms with van der Waals surface area (Å²) < 4.78 is 2.20. The second-order valence-corrected chi connectivity index (χ2v) is 6.88. The van der Waals surface area contributed by atoms with E-state index in [1.54, 1.807) is 11.3 Å². The molecule has 136 valence electrons. The van der Waals surface area contributed by atoms with Crippen LogP contribution in [0.3, 0.4) is 0 Å². The fourth-order valence-corrected chi connectivity index (χ4v) is 3.09. The van der Waals surface area contributed by atoms with E-state index in [0.29, 0.717) is 5.13 Å². The molecule has 0 saturated heterocycles. The van der Waals surface area contributed by atoms with E-state index in [1.807, 2.05) is 31.3 Å². The van der Waals surface area contributed by atoms with E-state index < -0.39 is 0 Å². The molecular formula is C19H22BrN5S. The van der Waals surface area contributed by atoms with E-state index in [0.717, 1.165) is 30.2 Å². The third-order valence-corrected chi connectivity index (χ3v) is 4.66. The molecule has 0 spiro atoms. The summed E-state index contributed by atoms with van der Waals surface area (Å²) in [5.41, 5.74) is 2.04. The summed E-state index contributed by atoms with van der Waals surface area (Å²) in [6.07, 6.45) is 6.00. The maximum absolute atomic E-state index is 4.26. The standard InChI is InChI=1S/C19H22N5S.BrH/c1-3-24(14-13-23-11-5-4-6-12-23)18-9-7-17(8-10-18)21-22-19-20-15-16(2)25-19;/h4-12,15H,3,13-14H2,1-2H3;1H/q+1;/p-1. The number of halogens is 1. The summed E-state index contributed by atoms with van der Waals surface area (Å²) in [5, 5.41) is 9.13. The number of hydrogen-bond donors (Lipinski definition) is 0. The van der Waals surface area contributed by atoms with Gasteiger partial charge >= 0.3 is 0 Å². The number of nitrogens with zero attached hydrogens (tertiary/aromatic N) is 5. The lowest BCUT2D eigenvalue weighted by molar-refractivity contribution is -0.694. The number of hydrogen-bond acceptors (Lipinski definition) is 5. The van der Waals surface area contributed by atoms with Crippen molar-refractivity contribution in [3.05, 3.63) is 65.9 Å². The minimum atomic E-state index is 0. The molecule has 0 bridgehead atoms. The van der Waals surface area contributed by atoms with Gasteiger partial charge in [0.2, 0.25) is 5.13 Å². The zero-order valence-corrected chi connectivity index (χ0v) is 17.3. The maximum atomic E-state index is 4.26. The molecule has 5 nitrogen and oxygen atoms in total. The van der Waals surface area contributed by atoms with Crippen molar-refractivity contribution < 1.29 is 21.5 Å². The largest absolute Gasteiger partial charge is 1.00 e. The van der Waals surface area contributed by atoms with Gasteiger partial charge in [0.15, 0.2) is 18.9 Å². The summed E-state index contributed by atoms with van der Waals surface area (Å²) in [5.74, 6) is 0. The maximum Gasteiger partial charge on any atom is 0.230 e. The number of anilines is 1. The van der Waals surface area contributed by atoms with Crippen LogP contribution in [0.4, 0.5) is 16.5 Å². The van der Waals surface area contributed by atoms with Gasteiger partial charge in [0.1, 0.15) is 0 Å². The van der Waals surface area contributed by atoms with Crippen LogP contribution in [0.25, 0.3) is 0 Å². The predicted molar refractivity (Wildman–Crippen MR) is 102 cm³/mol. The van der Waals surface area contributed by atoms with Gasteiger partial charge in [0, 0.05) is 35.4 Å². The van der Waals surface area contributed by atoms with Gasteiger partial charge in [0.05, 0.1) is 12.2 Å². The van der Waals surface area contributed by atoms with Gasteiger partial charge in [-0.15, -0.1) is 10.2 Å². The number of thiazole rings is 1. The molecule has 0 amide bonds. The molecule has 2 heterocycles. The highest BCUT2D eigenvalue weighted by Crippen LogP contribution is 2.24. The van der Waals surface area contributed by atoms with Gasteiger partial charge in [0.25, 0.3) is 0 Å². The molecule has 0 fully saturated rings. The first-order valence-corrected chi connectivity index (χ1v) is 9.19. The number of benzene rings is 1. The Morgan fingerprint density at radius 3 is 2.42 bits per heavy atom. The van der Waals surface area contributed by atoms with Gasteiger partial charge in [-0.25, -0.2) is 9.55 Å². The van der Waals surface area contributed by atoms with E-state index in [-0.39, 0.29) is 17.0 Å². The van der Waals surface area contributed by atoms with Crippen LogP contribution in [0.15, 0.2) is 71.3 Å². The molecule has 7 heteroatoms. The molecule has 26 heavy (non-hydrogen) atoms. The van der Waals surface area contributed by atoms with Crippen LogP contribution < -0.4 is 26.4 Å². The van der Waals surface area contributed by atoms with Crippen LogP contribution in [-0.2, 0) is 6.54 Å². The average Bonchev–Trinajstić information content (AvgIpc) is 3.08. The Bertz CT molecular complexity index is 817. The topological polar surface area (TPSA) is 44.7 Å². The number of azo groups is 1. The van der Waals surface area contributed by atoms with Crippen molar-refractivity contribution >= 4 is 27.8 Å². The molecule has 0 atom stereocenters. The summed E-state index contributed by atoms with van der Waals surface area (Å²) in [7, 11) is 0. The smallest absolute Gasteiger partial charge is 0.230 e. The summed E-state index contributed by atoms with van der Waals surface area (Å²) >= 11 is 1.54. The van der Waals surface area contributed by atoms with Crippen molar-refractivity contribution in [3.8, 4) is 0 Å². The van der Waals surface area contributed by atoms with Crippen LogP contribution in [-0.4, -0.2) is 18.1 Å². The second kappa shape index (κ2) is 10.1. The molecule has 0 aliphatic heterocycles. The Morgan fingerprint density at radius 1 is 1.08 bits per heavy atom. The van der Waals surface area contributed by atoms with Crippen LogP contribution >= 0.6 is 11.3 Å². The Labute approximate surface area is 168 Å². The number of aromatic nitrogens is 2. The molecule has 0 N–H and O–H groups in total. The lowest BCUT2D eigenvalue weighted by Crippen LogP contribution is -3.00. The lowest BCUT2D eigenvalue weighted by atomic mass is 10.2. The number of rotatable bonds is 7. The highest BCUT2D eigenvalue weighted by molar-refractivity contribution is 7.15. The number of aryl methyl sites for hydroxylation is 1. The van der Waals surface area contributed by atoms with Crippen molar-refractivity contribution in [1.82, 2.24) is 4.98 Å². The highest BCUT2D eigenvalue weighted by Gasteiger charge is 2.07. The van der Waals surface area contributed by atoms with E-state index in [1.165, 1.54) is 5.69 Å². The fourth-order valence-electron chi connectivity index (χ4n) is 2.51. The SMILES string of the molecule is CCN(CC[n+]1ccccc1)c1ccc(N=Nc2ncc(C)s2)cc1.[Br-]. The quantitative estimate of drug-likeness (QED) is 0.421. The zero-order chi connectivity index (χ0) is 17.5. The minimum Gasteiger partial charge on any atom is -1.00 e. The van der Waals surface area contributed by atoms with Crippen molar-refractivity contribution in [2.75, 3.05) is 18.0 Å². The van der Waals surface area contributed by atoms with Crippen molar-refractivity contribution in [2.45, 2.75) is 20.4 Å². The van der Waals surface area contributed by atoms with Gasteiger partial charge in [-0.1, -0.05) is 17.4 Å². The van der Waals surface area contributed by atoms with E-state index in [9.17, 15) is 0 Å². The number of likely N-dealkylation sites (N-methyl/N-ethyl adjacent to an activating group) is 1. The number of pyridine rings is 1. The van der Waals surface area contributed by atoms with E-state index in [2.05, 4.69) is 68.3 Å². The fraction of sp³-hybridized carbons (Fsp3) is 0.263. The van der Waals surface area contributed by atoms with Crippen LogP contribution in [0, 0.1) is 6.92 Å². The molecule has 3 aromatic rings. The van der Waals surface area contributed by atoms with Crippen LogP contribution in [0.2, 0.25) is 0 Å². The molecule has 0 aliphatic carbocycles. The summed E-state index contributed by atoms with van der Waals surface area (Å²) in [6.45, 7) is 7.07. The van der Waals surface area contributed by atoms with Crippen LogP contribution in [0.1, 0.15) is 11.8 Å². The third-order valence-electron chi connectivity index (χ3n) is 3.86. The molecule has 0 saturated carbocycles. The molecule has 2 aromatic heterocycles. The van der Waals surface area contributed by atoms with E-state index >= 15 is 0 Å². The molecule has 0 aliphatic rings.